The molecule has 0 bridgehead atoms. The van der Waals surface area contributed by atoms with Gasteiger partial charge >= 0.3 is 0 Å². The van der Waals surface area contributed by atoms with Crippen LogP contribution in [0.1, 0.15) is 25.7 Å². The Hall–Kier alpha value is -0.770. The molecule has 1 saturated heterocycles. The van der Waals surface area contributed by atoms with Crippen molar-refractivity contribution in [1.29, 1.82) is 0 Å². The molecular formula is C17H26ClN3. The minimum Gasteiger partial charge on any atom is -0.369 e. The lowest BCUT2D eigenvalue weighted by Crippen LogP contribution is -2.48. The van der Waals surface area contributed by atoms with E-state index in [2.05, 4.69) is 21.9 Å². The molecule has 116 valence electrons. The van der Waals surface area contributed by atoms with Gasteiger partial charge in [-0.3, -0.25) is 4.90 Å². The van der Waals surface area contributed by atoms with E-state index in [-0.39, 0.29) is 0 Å². The highest BCUT2D eigenvalue weighted by Gasteiger charge is 2.23. The molecule has 2 aliphatic rings. The number of nitrogens with zero attached hydrogens (tertiary/aromatic N) is 2. The second-order valence-electron chi connectivity index (χ2n) is 6.55. The smallest absolute Gasteiger partial charge is 0.0426 e. The van der Waals surface area contributed by atoms with Gasteiger partial charge in [0.15, 0.2) is 0 Å². The lowest BCUT2D eigenvalue weighted by Gasteiger charge is -2.38. The van der Waals surface area contributed by atoms with Crippen LogP contribution in [-0.2, 0) is 0 Å². The van der Waals surface area contributed by atoms with Crippen molar-refractivity contribution < 1.29 is 0 Å². The number of nitrogens with two attached hydrogens (primary N) is 1. The number of benzene rings is 1. The summed E-state index contributed by atoms with van der Waals surface area (Å²) in [6, 6.07) is 8.66. The third-order valence-corrected chi connectivity index (χ3v) is 5.19. The van der Waals surface area contributed by atoms with Gasteiger partial charge in [-0.1, -0.05) is 17.7 Å². The topological polar surface area (TPSA) is 32.5 Å². The molecule has 21 heavy (non-hydrogen) atoms. The molecule has 2 fully saturated rings. The molecule has 1 heterocycles. The van der Waals surface area contributed by atoms with E-state index in [0.29, 0.717) is 6.04 Å². The third-order valence-electron chi connectivity index (χ3n) is 4.95. The van der Waals surface area contributed by atoms with Gasteiger partial charge in [-0.25, -0.2) is 0 Å². The van der Waals surface area contributed by atoms with E-state index >= 15 is 0 Å². The van der Waals surface area contributed by atoms with E-state index in [1.165, 1.54) is 37.9 Å². The standard InChI is InChI=1S/C17H26ClN3/c18-15-2-1-3-17(12-15)21-10-8-20(9-11-21)13-14-4-6-16(19)7-5-14/h1-3,12,14,16H,4-11,13,19H2. The van der Waals surface area contributed by atoms with E-state index in [1.807, 2.05) is 12.1 Å². The largest absolute Gasteiger partial charge is 0.369 e. The van der Waals surface area contributed by atoms with Crippen molar-refractivity contribution in [2.45, 2.75) is 31.7 Å². The number of hydrogen-bond donors (Lipinski definition) is 1. The normalized spacial score (nSPS) is 27.8. The summed E-state index contributed by atoms with van der Waals surface area (Å²) >= 11 is 6.09. The molecule has 3 nitrogen and oxygen atoms in total. The maximum Gasteiger partial charge on any atom is 0.0426 e. The zero-order chi connectivity index (χ0) is 14.7. The van der Waals surface area contributed by atoms with Gasteiger partial charge in [0.2, 0.25) is 0 Å². The Labute approximate surface area is 133 Å². The maximum atomic E-state index is 6.09. The molecule has 0 spiro atoms. The van der Waals surface area contributed by atoms with E-state index in [0.717, 1.165) is 37.1 Å². The molecule has 0 aromatic heterocycles. The number of anilines is 1. The lowest BCUT2D eigenvalue weighted by atomic mass is 9.86. The Balaban J connectivity index is 1.47. The average molecular weight is 308 g/mol. The first-order valence-electron chi connectivity index (χ1n) is 8.19. The van der Waals surface area contributed by atoms with Crippen LogP contribution in [0.4, 0.5) is 5.69 Å². The summed E-state index contributed by atoms with van der Waals surface area (Å²) < 4.78 is 0. The fourth-order valence-corrected chi connectivity index (χ4v) is 3.78. The van der Waals surface area contributed by atoms with Gasteiger partial charge in [0, 0.05) is 49.5 Å². The fourth-order valence-electron chi connectivity index (χ4n) is 3.60. The van der Waals surface area contributed by atoms with Crippen LogP contribution in [-0.4, -0.2) is 43.7 Å². The fraction of sp³-hybridized carbons (Fsp3) is 0.647. The van der Waals surface area contributed by atoms with Crippen molar-refractivity contribution in [1.82, 2.24) is 4.90 Å². The van der Waals surface area contributed by atoms with Crippen LogP contribution in [0.25, 0.3) is 0 Å². The van der Waals surface area contributed by atoms with Crippen molar-refractivity contribution in [3.8, 4) is 0 Å². The van der Waals surface area contributed by atoms with Crippen LogP contribution in [0, 0.1) is 5.92 Å². The summed E-state index contributed by atoms with van der Waals surface area (Å²) in [7, 11) is 0. The summed E-state index contributed by atoms with van der Waals surface area (Å²) in [5, 5.41) is 0.827. The molecule has 4 heteroatoms. The molecule has 2 N–H and O–H groups in total. The maximum absolute atomic E-state index is 6.09. The summed E-state index contributed by atoms with van der Waals surface area (Å²) in [6.07, 6.45) is 5.06. The number of rotatable bonds is 3. The van der Waals surface area contributed by atoms with Crippen LogP contribution in [0.2, 0.25) is 5.02 Å². The average Bonchev–Trinajstić information content (AvgIpc) is 2.50. The second kappa shape index (κ2) is 6.99. The Bertz CT molecular complexity index is 449. The van der Waals surface area contributed by atoms with Crippen molar-refractivity contribution in [2.75, 3.05) is 37.6 Å². The number of halogens is 1. The van der Waals surface area contributed by atoms with Gasteiger partial charge in [0.1, 0.15) is 0 Å². The van der Waals surface area contributed by atoms with Gasteiger partial charge in [-0.15, -0.1) is 0 Å². The molecule has 0 amide bonds. The molecule has 1 aliphatic carbocycles. The first-order valence-corrected chi connectivity index (χ1v) is 8.57. The van der Waals surface area contributed by atoms with Crippen LogP contribution >= 0.6 is 11.6 Å². The Morgan fingerprint density at radius 2 is 1.76 bits per heavy atom. The van der Waals surface area contributed by atoms with Gasteiger partial charge in [0.25, 0.3) is 0 Å². The van der Waals surface area contributed by atoms with Gasteiger partial charge in [0.05, 0.1) is 0 Å². The lowest BCUT2D eigenvalue weighted by molar-refractivity contribution is 0.186. The molecule has 1 aromatic rings. The predicted octanol–water partition coefficient (Wildman–Crippen LogP) is 2.98. The minimum atomic E-state index is 0.459. The molecule has 0 atom stereocenters. The van der Waals surface area contributed by atoms with Crippen LogP contribution < -0.4 is 10.6 Å². The van der Waals surface area contributed by atoms with E-state index in [4.69, 9.17) is 17.3 Å². The summed E-state index contributed by atoms with van der Waals surface area (Å²) in [6.45, 7) is 5.79. The molecule has 1 aromatic carbocycles. The Morgan fingerprint density at radius 1 is 1.05 bits per heavy atom. The van der Waals surface area contributed by atoms with E-state index < -0.39 is 0 Å². The SMILES string of the molecule is NC1CCC(CN2CCN(c3cccc(Cl)c3)CC2)CC1. The minimum absolute atomic E-state index is 0.459. The summed E-state index contributed by atoms with van der Waals surface area (Å²) in [5.41, 5.74) is 7.25. The highest BCUT2D eigenvalue weighted by molar-refractivity contribution is 6.30. The van der Waals surface area contributed by atoms with Crippen LogP contribution in [0.15, 0.2) is 24.3 Å². The molecule has 1 saturated carbocycles. The highest BCUT2D eigenvalue weighted by Crippen LogP contribution is 2.25. The van der Waals surface area contributed by atoms with Crippen molar-refractivity contribution in [2.24, 2.45) is 11.7 Å². The molecular weight excluding hydrogens is 282 g/mol. The predicted molar refractivity (Wildman–Crippen MR) is 90.0 cm³/mol. The van der Waals surface area contributed by atoms with Crippen molar-refractivity contribution >= 4 is 17.3 Å². The van der Waals surface area contributed by atoms with E-state index in [1.54, 1.807) is 0 Å². The van der Waals surface area contributed by atoms with Gasteiger partial charge in [-0.2, -0.15) is 0 Å². The highest BCUT2D eigenvalue weighted by atomic mass is 35.5. The number of piperazine rings is 1. The Kier molecular flexibility index (Phi) is 5.04. The first kappa shape index (κ1) is 15.1. The van der Waals surface area contributed by atoms with E-state index in [9.17, 15) is 0 Å². The molecule has 0 radical (unpaired) electrons. The van der Waals surface area contributed by atoms with Gasteiger partial charge in [-0.05, 0) is 49.8 Å². The van der Waals surface area contributed by atoms with Crippen molar-refractivity contribution in [3.05, 3.63) is 29.3 Å². The summed E-state index contributed by atoms with van der Waals surface area (Å²) in [5.74, 6) is 0.863. The second-order valence-corrected chi connectivity index (χ2v) is 6.98. The first-order chi connectivity index (χ1) is 10.2. The van der Waals surface area contributed by atoms with Gasteiger partial charge < -0.3 is 10.6 Å². The quantitative estimate of drug-likeness (QED) is 0.932. The van der Waals surface area contributed by atoms with Crippen LogP contribution in [0.3, 0.4) is 0 Å². The summed E-state index contributed by atoms with van der Waals surface area (Å²) in [4.78, 5) is 5.07. The third kappa shape index (κ3) is 4.12. The zero-order valence-corrected chi connectivity index (χ0v) is 13.4. The van der Waals surface area contributed by atoms with Crippen molar-refractivity contribution in [3.63, 3.8) is 0 Å². The van der Waals surface area contributed by atoms with Crippen LogP contribution in [0.5, 0.6) is 0 Å². The molecule has 0 unspecified atom stereocenters. The molecule has 3 rings (SSSR count). The number of hydrogen-bond acceptors (Lipinski definition) is 3. The Morgan fingerprint density at radius 3 is 2.43 bits per heavy atom. The molecule has 1 aliphatic heterocycles. The zero-order valence-electron chi connectivity index (χ0n) is 12.7. The monoisotopic (exact) mass is 307 g/mol.